The van der Waals surface area contributed by atoms with Crippen LogP contribution in [0.25, 0.3) is 0 Å². The van der Waals surface area contributed by atoms with E-state index < -0.39 is 8.07 Å². The maximum Gasteiger partial charge on any atom is 0.0722 e. The summed E-state index contributed by atoms with van der Waals surface area (Å²) in [4.78, 5) is 0. The summed E-state index contributed by atoms with van der Waals surface area (Å²) in [5, 5.41) is 0. The molecular weight excluding hydrogens is 677 g/mol. The van der Waals surface area contributed by atoms with E-state index in [-0.39, 0.29) is 11.8 Å². The van der Waals surface area contributed by atoms with Gasteiger partial charge in [0.1, 0.15) is 0 Å². The van der Waals surface area contributed by atoms with E-state index in [9.17, 15) is 0 Å². The predicted molar refractivity (Wildman–Crippen MR) is 238 cm³/mol. The second-order valence-corrected chi connectivity index (χ2v) is 22.2. The largest absolute Gasteiger partial charge is 0.0724 e. The highest BCUT2D eigenvalue weighted by Gasteiger charge is 2.50. The van der Waals surface area contributed by atoms with Gasteiger partial charge in [0.25, 0.3) is 0 Å². The highest BCUT2D eigenvalue weighted by atomic mass is 28.3. The third-order valence-electron chi connectivity index (χ3n) is 12.6. The van der Waals surface area contributed by atoms with Gasteiger partial charge in [-0.15, -0.1) is 0 Å². The number of hydrogen-bond donors (Lipinski definition) is 0. The Bertz CT molecular complexity index is 2100. The molecular formula is C54H56Si. The van der Waals surface area contributed by atoms with E-state index in [2.05, 4.69) is 211 Å². The zero-order valence-electron chi connectivity index (χ0n) is 33.5. The van der Waals surface area contributed by atoms with Crippen molar-refractivity contribution >= 4 is 8.07 Å². The molecule has 4 aliphatic carbocycles. The molecule has 0 fully saturated rings. The minimum Gasteiger partial charge on any atom is -0.0724 e. The monoisotopic (exact) mass is 732 g/mol. The van der Waals surface area contributed by atoms with Crippen LogP contribution in [-0.4, -0.2) is 8.07 Å². The smallest absolute Gasteiger partial charge is 0.0722 e. The molecule has 8 rings (SSSR count). The van der Waals surface area contributed by atoms with E-state index in [1.807, 2.05) is 0 Å². The van der Waals surface area contributed by atoms with Crippen molar-refractivity contribution in [2.24, 2.45) is 11.8 Å². The Morgan fingerprint density at radius 1 is 0.436 bits per heavy atom. The Morgan fingerprint density at radius 3 is 1.13 bits per heavy atom. The molecule has 4 unspecified atom stereocenters. The molecule has 276 valence electrons. The summed E-state index contributed by atoms with van der Waals surface area (Å²) in [5.74, 6) is 1.32. The molecule has 4 atom stereocenters. The molecule has 55 heavy (non-hydrogen) atoms. The summed E-state index contributed by atoms with van der Waals surface area (Å²) >= 11 is 0. The lowest BCUT2D eigenvalue weighted by Crippen LogP contribution is -2.41. The van der Waals surface area contributed by atoms with Crippen molar-refractivity contribution in [3.05, 3.63) is 237 Å². The molecule has 0 amide bonds. The molecule has 0 nitrogen and oxygen atoms in total. The number of allylic oxidation sites excluding steroid dienone is 16. The molecule has 0 saturated heterocycles. The van der Waals surface area contributed by atoms with Crippen LogP contribution in [0.5, 0.6) is 0 Å². The fourth-order valence-corrected chi connectivity index (χ4v) is 14.6. The lowest BCUT2D eigenvalue weighted by Gasteiger charge is -2.41. The highest BCUT2D eigenvalue weighted by Crippen LogP contribution is 2.60. The van der Waals surface area contributed by atoms with Crippen LogP contribution in [0, 0.1) is 11.8 Å². The summed E-state index contributed by atoms with van der Waals surface area (Å²) in [7, 11) is -2.32. The van der Waals surface area contributed by atoms with Crippen LogP contribution < -0.4 is 0 Å². The number of rotatable bonds is 10. The molecule has 0 spiro atoms. The zero-order chi connectivity index (χ0) is 38.1. The molecule has 0 N–H and O–H groups in total. The van der Waals surface area contributed by atoms with Gasteiger partial charge in [-0.25, -0.2) is 0 Å². The van der Waals surface area contributed by atoms with Crippen LogP contribution in [-0.2, 0) is 12.8 Å². The van der Waals surface area contributed by atoms with E-state index in [0.717, 1.165) is 12.8 Å². The van der Waals surface area contributed by atoms with Crippen molar-refractivity contribution in [1.29, 1.82) is 0 Å². The zero-order valence-corrected chi connectivity index (χ0v) is 34.5. The van der Waals surface area contributed by atoms with Crippen LogP contribution >= 0.6 is 0 Å². The Morgan fingerprint density at radius 2 is 0.782 bits per heavy atom. The van der Waals surface area contributed by atoms with Gasteiger partial charge in [-0.2, -0.15) is 0 Å². The van der Waals surface area contributed by atoms with Crippen molar-refractivity contribution in [2.45, 2.75) is 76.5 Å². The first-order chi connectivity index (χ1) is 26.7. The Kier molecular flexibility index (Phi) is 10.5. The van der Waals surface area contributed by atoms with Crippen LogP contribution in [0.15, 0.2) is 215 Å². The molecule has 4 aromatic rings. The minimum absolute atomic E-state index is 0.221. The van der Waals surface area contributed by atoms with Crippen LogP contribution in [0.1, 0.15) is 61.8 Å². The lowest BCUT2D eigenvalue weighted by atomic mass is 9.89. The molecule has 0 aromatic heterocycles. The molecule has 0 saturated carbocycles. The van der Waals surface area contributed by atoms with Crippen molar-refractivity contribution in [3.63, 3.8) is 0 Å². The fraction of sp³-hybridized carbons (Fsp3) is 0.259. The first-order valence-corrected chi connectivity index (χ1v) is 23.7. The Balaban J connectivity index is 1.35. The fourth-order valence-electron chi connectivity index (χ4n) is 9.93. The lowest BCUT2D eigenvalue weighted by molar-refractivity contribution is 0.788. The molecule has 0 radical (unpaired) electrons. The summed E-state index contributed by atoms with van der Waals surface area (Å²) < 4.78 is 0. The summed E-state index contributed by atoms with van der Waals surface area (Å²) in [6.45, 7) is 14.9. The van der Waals surface area contributed by atoms with Crippen molar-refractivity contribution in [2.75, 3.05) is 0 Å². The maximum atomic E-state index is 2.74. The first-order valence-electron chi connectivity index (χ1n) is 20.6. The summed E-state index contributed by atoms with van der Waals surface area (Å²) in [6.07, 6.45) is 22.4. The quantitative estimate of drug-likeness (QED) is 0.142. The second-order valence-electron chi connectivity index (χ2n) is 17.4. The number of hydrogen-bond acceptors (Lipinski definition) is 0. The maximum absolute atomic E-state index is 2.74. The van der Waals surface area contributed by atoms with E-state index in [4.69, 9.17) is 0 Å². The Hall–Kier alpha value is -4.98. The summed E-state index contributed by atoms with van der Waals surface area (Å²) in [6, 6.07) is 44.9. The molecule has 4 aliphatic rings. The van der Waals surface area contributed by atoms with Crippen LogP contribution in [0.2, 0.25) is 24.2 Å². The van der Waals surface area contributed by atoms with Crippen LogP contribution in [0.3, 0.4) is 0 Å². The van der Waals surface area contributed by atoms with Gasteiger partial charge in [0.05, 0.1) is 8.07 Å². The second kappa shape index (κ2) is 15.6. The first kappa shape index (κ1) is 37.0. The normalized spacial score (nSPS) is 22.3. The molecule has 0 aliphatic heterocycles. The van der Waals surface area contributed by atoms with Gasteiger partial charge in [-0.3, -0.25) is 0 Å². The van der Waals surface area contributed by atoms with Gasteiger partial charge in [-0.1, -0.05) is 222 Å². The standard InChI is InChI=1S/C54H56Si/c1-37(2)43-27-29-47(41-23-15-9-16-24-41)49-35-45(31-39-19-11-7-12-20-39)53(51(49)33-43)55(5,6)54-46(32-40-21-13-8-14-22-40)36-50-48(42-25-17-10-18-26-42)30-28-44(38(3)4)34-52(50)54/h7-30,33-38,47-48,53-54H,31-32H2,1-6H3. The highest BCUT2D eigenvalue weighted by molar-refractivity contribution is 6.83. The molecule has 0 bridgehead atoms. The minimum atomic E-state index is -2.32. The van der Waals surface area contributed by atoms with E-state index in [1.54, 1.807) is 22.3 Å². The SMILES string of the molecule is CC(C)C1=CC2=C(C=C(Cc3ccccc3)C2[Si](C)(C)C2C(Cc3ccccc3)=CC3=C2C=C(C(C)C)C=CC3c2ccccc2)C(c2ccccc2)C=C1. The summed E-state index contributed by atoms with van der Waals surface area (Å²) in [5.41, 5.74) is 18.5. The van der Waals surface area contributed by atoms with E-state index >= 15 is 0 Å². The number of benzene rings is 4. The third kappa shape index (κ3) is 7.40. The van der Waals surface area contributed by atoms with Gasteiger partial charge in [0.2, 0.25) is 0 Å². The third-order valence-corrected chi connectivity index (χ3v) is 17.0. The average molecular weight is 733 g/mol. The topological polar surface area (TPSA) is 0 Å². The van der Waals surface area contributed by atoms with Gasteiger partial charge in [0, 0.05) is 22.9 Å². The molecule has 1 heteroatoms. The van der Waals surface area contributed by atoms with Crippen LogP contribution in [0.4, 0.5) is 0 Å². The van der Waals surface area contributed by atoms with Gasteiger partial charge < -0.3 is 0 Å². The predicted octanol–water partition coefficient (Wildman–Crippen LogP) is 14.3. The molecule has 4 aromatic carbocycles. The Labute approximate surface area is 331 Å². The van der Waals surface area contributed by atoms with E-state index in [0.29, 0.717) is 22.9 Å². The van der Waals surface area contributed by atoms with Crippen molar-refractivity contribution < 1.29 is 0 Å². The van der Waals surface area contributed by atoms with Crippen molar-refractivity contribution in [3.8, 4) is 0 Å². The average Bonchev–Trinajstić information content (AvgIpc) is 3.58. The van der Waals surface area contributed by atoms with Crippen molar-refractivity contribution in [1.82, 2.24) is 0 Å². The van der Waals surface area contributed by atoms with Gasteiger partial charge in [0.15, 0.2) is 0 Å². The van der Waals surface area contributed by atoms with Gasteiger partial charge >= 0.3 is 0 Å². The van der Waals surface area contributed by atoms with Gasteiger partial charge in [-0.05, 0) is 80.4 Å². The van der Waals surface area contributed by atoms with E-state index in [1.165, 1.54) is 44.5 Å². The molecule has 0 heterocycles.